The molecular formula is C23H32BN3O7. The number of fused-ring (bicyclic) bond motifs is 2. The molecule has 0 aromatic heterocycles. The molecule has 10 nitrogen and oxygen atoms in total. The van der Waals surface area contributed by atoms with Gasteiger partial charge in [0.25, 0.3) is 0 Å². The van der Waals surface area contributed by atoms with E-state index >= 15 is 0 Å². The number of ether oxygens (including phenoxy) is 2. The van der Waals surface area contributed by atoms with Gasteiger partial charge in [0.05, 0.1) is 24.0 Å². The average Bonchev–Trinajstić information content (AvgIpc) is 3.41. The summed E-state index contributed by atoms with van der Waals surface area (Å²) in [5.41, 5.74) is 0.715. The summed E-state index contributed by atoms with van der Waals surface area (Å²) >= 11 is 0. The Labute approximate surface area is 199 Å². The average molecular weight is 473 g/mol. The third-order valence-corrected chi connectivity index (χ3v) is 6.97. The van der Waals surface area contributed by atoms with E-state index in [2.05, 4.69) is 10.1 Å². The Balaban J connectivity index is 1.40. The zero-order valence-corrected chi connectivity index (χ0v) is 19.6. The van der Waals surface area contributed by atoms with Gasteiger partial charge in [-0.15, -0.1) is 0 Å². The molecule has 3 heterocycles. The van der Waals surface area contributed by atoms with E-state index in [-0.39, 0.29) is 24.5 Å². The second-order valence-corrected chi connectivity index (χ2v) is 9.47. The Morgan fingerprint density at radius 2 is 1.74 bits per heavy atom. The molecule has 3 fully saturated rings. The van der Waals surface area contributed by atoms with Crippen molar-refractivity contribution in [3.63, 3.8) is 0 Å². The fourth-order valence-electron chi connectivity index (χ4n) is 5.15. The number of amides is 1. The summed E-state index contributed by atoms with van der Waals surface area (Å²) < 4.78 is 11.6. The topological polar surface area (TPSA) is 129 Å². The number of rotatable bonds is 8. The number of nitrogens with one attached hydrogen (secondary N) is 1. The van der Waals surface area contributed by atoms with Crippen molar-refractivity contribution in [2.75, 3.05) is 33.2 Å². The highest BCUT2D eigenvalue weighted by molar-refractivity contribution is 6.46. The molecule has 4 rings (SSSR count). The van der Waals surface area contributed by atoms with Crippen LogP contribution >= 0.6 is 0 Å². The lowest BCUT2D eigenvalue weighted by atomic mass is 9.78. The van der Waals surface area contributed by atoms with Gasteiger partial charge < -0.3 is 34.6 Å². The Morgan fingerprint density at radius 1 is 1.12 bits per heavy atom. The van der Waals surface area contributed by atoms with Crippen LogP contribution in [-0.2, 0) is 25.5 Å². The summed E-state index contributed by atoms with van der Waals surface area (Å²) in [6.07, 6.45) is 1.13. The number of carbonyl (C=O) groups is 3. The van der Waals surface area contributed by atoms with Gasteiger partial charge in [0, 0.05) is 26.2 Å². The lowest BCUT2D eigenvalue weighted by Gasteiger charge is -2.36. The Hall–Kier alpha value is -2.47. The minimum absolute atomic E-state index is 0.0251. The lowest BCUT2D eigenvalue weighted by Crippen LogP contribution is -2.52. The molecule has 3 unspecified atom stereocenters. The van der Waals surface area contributed by atoms with Crippen LogP contribution in [-0.4, -0.2) is 96.3 Å². The van der Waals surface area contributed by atoms with Crippen LogP contribution in [0.5, 0.6) is 5.75 Å². The van der Waals surface area contributed by atoms with E-state index in [1.807, 2.05) is 11.9 Å². The first-order chi connectivity index (χ1) is 16.2. The van der Waals surface area contributed by atoms with Crippen molar-refractivity contribution < 1.29 is 34.0 Å². The van der Waals surface area contributed by atoms with Gasteiger partial charge in [0.15, 0.2) is 0 Å². The van der Waals surface area contributed by atoms with Crippen LogP contribution in [0, 0.1) is 11.8 Å². The van der Waals surface area contributed by atoms with E-state index in [0.717, 1.165) is 25.9 Å². The smallest absolute Gasteiger partial charge is 0.374 e. The molecule has 1 amide bonds. The summed E-state index contributed by atoms with van der Waals surface area (Å²) in [6.45, 7) is 4.37. The van der Waals surface area contributed by atoms with Crippen molar-refractivity contribution in [1.29, 1.82) is 0 Å². The molecular weight excluding hydrogens is 441 g/mol. The van der Waals surface area contributed by atoms with Gasteiger partial charge in [-0.05, 0) is 50.8 Å². The predicted octanol–water partition coefficient (Wildman–Crippen LogP) is -0.145. The summed E-state index contributed by atoms with van der Waals surface area (Å²) in [5.74, 6) is -2.37. The van der Waals surface area contributed by atoms with Gasteiger partial charge in [-0.2, -0.15) is 0 Å². The third-order valence-electron chi connectivity index (χ3n) is 6.97. The highest BCUT2D eigenvalue weighted by Crippen LogP contribution is 2.45. The molecule has 3 aliphatic rings. The minimum Gasteiger partial charge on any atom is -0.480 e. The number of likely N-dealkylation sites (N-methyl/N-ethyl adjacent to an activating group) is 1. The first-order valence-corrected chi connectivity index (χ1v) is 11.8. The highest BCUT2D eigenvalue weighted by atomic mass is 16.5. The fourth-order valence-corrected chi connectivity index (χ4v) is 5.15. The number of nitrogens with zero attached hydrogens (tertiary/aromatic N) is 2. The SMILES string of the molecule is CB(O)NC(Cc1ccc(OC(=O)C2C(C(=O)N3CCN(C)CC3)[C@@H]3CC[C@H]2O3)cc1)C(=O)O. The predicted molar refractivity (Wildman–Crippen MR) is 123 cm³/mol. The van der Waals surface area contributed by atoms with Crippen molar-refractivity contribution in [2.45, 2.75) is 44.3 Å². The number of hydrogen-bond donors (Lipinski definition) is 3. The van der Waals surface area contributed by atoms with Gasteiger partial charge in [-0.1, -0.05) is 12.1 Å². The van der Waals surface area contributed by atoms with Crippen LogP contribution in [0.1, 0.15) is 18.4 Å². The number of esters is 1. The van der Waals surface area contributed by atoms with Crippen LogP contribution in [0.25, 0.3) is 0 Å². The molecule has 1 aromatic rings. The Kier molecular flexibility index (Phi) is 7.56. The van der Waals surface area contributed by atoms with Gasteiger partial charge >= 0.3 is 19.0 Å². The number of hydrogen-bond acceptors (Lipinski definition) is 8. The number of carboxylic acid groups (broad SMARTS) is 1. The van der Waals surface area contributed by atoms with Gasteiger partial charge in [0.1, 0.15) is 11.8 Å². The van der Waals surface area contributed by atoms with E-state index in [4.69, 9.17) is 9.47 Å². The first kappa shape index (κ1) is 24.7. The molecule has 3 aliphatic heterocycles. The van der Waals surface area contributed by atoms with E-state index < -0.39 is 36.9 Å². The van der Waals surface area contributed by atoms with E-state index in [1.54, 1.807) is 24.3 Å². The van der Waals surface area contributed by atoms with Crippen molar-refractivity contribution in [3.8, 4) is 5.75 Å². The molecule has 3 N–H and O–H groups in total. The molecule has 0 saturated carbocycles. The van der Waals surface area contributed by atoms with Crippen LogP contribution in [0.3, 0.4) is 0 Å². The summed E-state index contributed by atoms with van der Waals surface area (Å²) in [6, 6.07) is 5.65. The third kappa shape index (κ3) is 5.43. The lowest BCUT2D eigenvalue weighted by molar-refractivity contribution is -0.149. The van der Waals surface area contributed by atoms with E-state index in [1.165, 1.54) is 6.82 Å². The van der Waals surface area contributed by atoms with E-state index in [0.29, 0.717) is 24.4 Å². The Morgan fingerprint density at radius 3 is 2.32 bits per heavy atom. The molecule has 0 spiro atoms. The molecule has 1 aromatic carbocycles. The number of piperazine rings is 1. The second kappa shape index (κ2) is 10.4. The molecule has 11 heteroatoms. The van der Waals surface area contributed by atoms with Crippen LogP contribution in [0.15, 0.2) is 24.3 Å². The largest absolute Gasteiger partial charge is 0.480 e. The standard InChI is InChI=1S/C23H32BN3O7/c1-24(32)25-16(22(29)30)13-14-3-5-15(6-4-14)33-23(31)20-18-8-7-17(34-18)19(20)21(28)27-11-9-26(2)10-12-27/h3-6,16-20,25,32H,7-13H2,1-2H3,(H,29,30)/t16?,17-,18+,19?,20?/m0/s1. The van der Waals surface area contributed by atoms with Gasteiger partial charge in [-0.3, -0.25) is 14.4 Å². The zero-order chi connectivity index (χ0) is 24.4. The highest BCUT2D eigenvalue weighted by Gasteiger charge is 2.57. The maximum atomic E-state index is 13.3. The molecule has 3 saturated heterocycles. The second-order valence-electron chi connectivity index (χ2n) is 9.47. The van der Waals surface area contributed by atoms with Crippen molar-refractivity contribution in [1.82, 2.24) is 15.0 Å². The Bertz CT molecular complexity index is 904. The monoisotopic (exact) mass is 473 g/mol. The minimum atomic E-state index is -1.07. The zero-order valence-electron chi connectivity index (χ0n) is 19.6. The van der Waals surface area contributed by atoms with Crippen LogP contribution in [0.2, 0.25) is 6.82 Å². The molecule has 34 heavy (non-hydrogen) atoms. The van der Waals surface area contributed by atoms with Gasteiger partial charge in [0.2, 0.25) is 5.91 Å². The molecule has 184 valence electrons. The molecule has 0 aliphatic carbocycles. The fraction of sp³-hybridized carbons (Fsp3) is 0.609. The number of carbonyl (C=O) groups excluding carboxylic acids is 2. The maximum absolute atomic E-state index is 13.3. The summed E-state index contributed by atoms with van der Waals surface area (Å²) in [7, 11) is 1.08. The van der Waals surface area contributed by atoms with Crippen molar-refractivity contribution in [2.24, 2.45) is 11.8 Å². The normalized spacial score (nSPS) is 27.4. The quantitative estimate of drug-likeness (QED) is 0.268. The van der Waals surface area contributed by atoms with E-state index in [9.17, 15) is 24.5 Å². The van der Waals surface area contributed by atoms with Crippen LogP contribution in [0.4, 0.5) is 0 Å². The number of carboxylic acids is 1. The molecule has 5 atom stereocenters. The molecule has 2 bridgehead atoms. The maximum Gasteiger partial charge on any atom is 0.374 e. The van der Waals surface area contributed by atoms with Crippen molar-refractivity contribution >= 4 is 24.9 Å². The summed E-state index contributed by atoms with van der Waals surface area (Å²) in [4.78, 5) is 41.8. The number of aliphatic carboxylic acids is 1. The number of benzene rings is 1. The van der Waals surface area contributed by atoms with Gasteiger partial charge in [-0.25, -0.2) is 0 Å². The molecule has 0 radical (unpaired) electrons. The first-order valence-electron chi connectivity index (χ1n) is 11.8. The van der Waals surface area contributed by atoms with Crippen molar-refractivity contribution in [3.05, 3.63) is 29.8 Å². The summed E-state index contributed by atoms with van der Waals surface area (Å²) in [5, 5.41) is 21.3. The van der Waals surface area contributed by atoms with Crippen LogP contribution < -0.4 is 9.96 Å².